The van der Waals surface area contributed by atoms with Gasteiger partial charge >= 0.3 is 0 Å². The van der Waals surface area contributed by atoms with Crippen molar-refractivity contribution in [2.24, 2.45) is 5.92 Å². The normalized spacial score (nSPS) is 33.6. The molecule has 0 aromatic heterocycles. The number of nitrogens with one attached hydrogen (secondary N) is 1. The van der Waals surface area contributed by atoms with Gasteiger partial charge in [-0.15, -0.1) is 0 Å². The fourth-order valence-corrected chi connectivity index (χ4v) is 4.35. The lowest BCUT2D eigenvalue weighted by Crippen LogP contribution is -2.57. The van der Waals surface area contributed by atoms with Crippen molar-refractivity contribution in [3.05, 3.63) is 0 Å². The number of hydrogen-bond acceptors (Lipinski definition) is 3. The van der Waals surface area contributed by atoms with Crippen molar-refractivity contribution in [1.29, 1.82) is 0 Å². The van der Waals surface area contributed by atoms with Crippen molar-refractivity contribution < 1.29 is 0 Å². The molecule has 0 bridgehead atoms. The Morgan fingerprint density at radius 2 is 1.57 bits per heavy atom. The quantitative estimate of drug-likeness (QED) is 0.841. The van der Waals surface area contributed by atoms with Crippen LogP contribution >= 0.6 is 0 Å². The first-order valence-corrected chi connectivity index (χ1v) is 9.56. The molecule has 0 aromatic rings. The number of piperazine rings is 1. The highest BCUT2D eigenvalue weighted by molar-refractivity contribution is 4.89. The average molecular weight is 293 g/mol. The van der Waals surface area contributed by atoms with Crippen LogP contribution in [0.15, 0.2) is 0 Å². The van der Waals surface area contributed by atoms with E-state index in [9.17, 15) is 0 Å². The van der Waals surface area contributed by atoms with Gasteiger partial charge in [-0.3, -0.25) is 4.90 Å². The van der Waals surface area contributed by atoms with E-state index in [0.29, 0.717) is 0 Å². The molecule has 3 rings (SSSR count). The predicted octanol–water partition coefficient (Wildman–Crippen LogP) is 2.71. The van der Waals surface area contributed by atoms with Gasteiger partial charge < -0.3 is 10.2 Å². The van der Waals surface area contributed by atoms with Crippen LogP contribution in [0.5, 0.6) is 0 Å². The van der Waals surface area contributed by atoms with E-state index < -0.39 is 0 Å². The molecule has 2 saturated carbocycles. The monoisotopic (exact) mass is 293 g/mol. The van der Waals surface area contributed by atoms with Gasteiger partial charge in [0.2, 0.25) is 0 Å². The van der Waals surface area contributed by atoms with E-state index in [2.05, 4.69) is 22.0 Å². The van der Waals surface area contributed by atoms with Gasteiger partial charge in [0.05, 0.1) is 0 Å². The first-order valence-electron chi connectivity index (χ1n) is 9.56. The summed E-state index contributed by atoms with van der Waals surface area (Å²) in [5.74, 6) is 1.05. The molecule has 0 aromatic carbocycles. The second-order valence-electron chi connectivity index (χ2n) is 7.50. The smallest absolute Gasteiger partial charge is 0.0250 e. The second-order valence-corrected chi connectivity index (χ2v) is 7.50. The van der Waals surface area contributed by atoms with E-state index in [1.54, 1.807) is 0 Å². The van der Waals surface area contributed by atoms with Gasteiger partial charge in [0.25, 0.3) is 0 Å². The van der Waals surface area contributed by atoms with Gasteiger partial charge in [0, 0.05) is 44.8 Å². The van der Waals surface area contributed by atoms with E-state index in [0.717, 1.165) is 24.5 Å². The summed E-state index contributed by atoms with van der Waals surface area (Å²) in [4.78, 5) is 5.54. The van der Waals surface area contributed by atoms with E-state index >= 15 is 0 Å². The Morgan fingerprint density at radius 3 is 2.24 bits per heavy atom. The largest absolute Gasteiger partial charge is 0.313 e. The van der Waals surface area contributed by atoms with Crippen LogP contribution in [-0.2, 0) is 0 Å². The summed E-state index contributed by atoms with van der Waals surface area (Å²) in [6.07, 6.45) is 11.6. The Bertz CT molecular complexity index is 295. The molecule has 3 aliphatic rings. The number of likely N-dealkylation sites (N-methyl/N-ethyl adjacent to an activating group) is 1. The van der Waals surface area contributed by atoms with Crippen molar-refractivity contribution in [3.8, 4) is 0 Å². The van der Waals surface area contributed by atoms with Crippen LogP contribution in [0, 0.1) is 5.92 Å². The zero-order chi connectivity index (χ0) is 14.5. The minimum absolute atomic E-state index is 0.741. The van der Waals surface area contributed by atoms with Crippen LogP contribution in [-0.4, -0.2) is 61.2 Å². The Hall–Kier alpha value is -0.120. The molecule has 2 aliphatic carbocycles. The zero-order valence-electron chi connectivity index (χ0n) is 14.0. The summed E-state index contributed by atoms with van der Waals surface area (Å²) < 4.78 is 0. The summed E-state index contributed by atoms with van der Waals surface area (Å²) in [6, 6.07) is 1.54. The Balaban J connectivity index is 1.51. The lowest BCUT2D eigenvalue weighted by Gasteiger charge is -2.43. The highest BCUT2D eigenvalue weighted by Gasteiger charge is 2.31. The van der Waals surface area contributed by atoms with E-state index in [-0.39, 0.29) is 0 Å². The summed E-state index contributed by atoms with van der Waals surface area (Å²) in [7, 11) is 0. The van der Waals surface area contributed by atoms with Crippen LogP contribution in [0.25, 0.3) is 0 Å². The van der Waals surface area contributed by atoms with Crippen LogP contribution in [0.3, 0.4) is 0 Å². The van der Waals surface area contributed by atoms with Gasteiger partial charge in [-0.05, 0) is 38.1 Å². The third kappa shape index (κ3) is 4.67. The third-order valence-electron chi connectivity index (χ3n) is 5.79. The molecule has 21 heavy (non-hydrogen) atoms. The number of nitrogens with zero attached hydrogens (tertiary/aromatic N) is 2. The maximum atomic E-state index is 3.80. The maximum absolute atomic E-state index is 3.80. The third-order valence-corrected chi connectivity index (χ3v) is 5.79. The minimum Gasteiger partial charge on any atom is -0.313 e. The topological polar surface area (TPSA) is 18.5 Å². The highest BCUT2D eigenvalue weighted by Crippen LogP contribution is 2.30. The fourth-order valence-electron chi connectivity index (χ4n) is 4.35. The van der Waals surface area contributed by atoms with Crippen molar-refractivity contribution in [1.82, 2.24) is 15.1 Å². The van der Waals surface area contributed by atoms with Gasteiger partial charge in [-0.1, -0.05) is 32.6 Å². The fraction of sp³-hybridized carbons (Fsp3) is 1.00. The molecule has 3 fully saturated rings. The summed E-state index contributed by atoms with van der Waals surface area (Å²) in [6.45, 7) is 10.0. The average Bonchev–Trinajstić information content (AvgIpc) is 3.28. The van der Waals surface area contributed by atoms with Crippen molar-refractivity contribution in [2.45, 2.75) is 70.4 Å². The Morgan fingerprint density at radius 1 is 0.857 bits per heavy atom. The van der Waals surface area contributed by atoms with Gasteiger partial charge in [-0.25, -0.2) is 0 Å². The lowest BCUT2D eigenvalue weighted by atomic mass is 9.90. The highest BCUT2D eigenvalue weighted by atomic mass is 15.3. The molecule has 3 nitrogen and oxygen atoms in total. The first kappa shape index (κ1) is 15.8. The first-order chi connectivity index (χ1) is 10.4. The molecule has 0 spiro atoms. The molecular weight excluding hydrogens is 258 g/mol. The van der Waals surface area contributed by atoms with Crippen LogP contribution in [0.2, 0.25) is 0 Å². The summed E-state index contributed by atoms with van der Waals surface area (Å²) in [5, 5.41) is 3.80. The van der Waals surface area contributed by atoms with Crippen LogP contribution < -0.4 is 5.32 Å². The molecule has 1 N–H and O–H groups in total. The van der Waals surface area contributed by atoms with Gasteiger partial charge in [-0.2, -0.15) is 0 Å². The molecule has 2 atom stereocenters. The zero-order valence-corrected chi connectivity index (χ0v) is 14.0. The predicted molar refractivity (Wildman–Crippen MR) is 89.7 cm³/mol. The molecule has 0 radical (unpaired) electrons. The molecule has 3 heteroatoms. The molecule has 1 aliphatic heterocycles. The second kappa shape index (κ2) is 7.94. The Labute approximate surface area is 131 Å². The maximum Gasteiger partial charge on any atom is 0.0250 e. The molecule has 1 saturated heterocycles. The van der Waals surface area contributed by atoms with E-state index in [4.69, 9.17) is 0 Å². The lowest BCUT2D eigenvalue weighted by molar-refractivity contribution is 0.0661. The SMILES string of the molecule is CCNC1CCCCCCC1N1CCN(CC2CC2)CC1. The van der Waals surface area contributed by atoms with Crippen molar-refractivity contribution in [3.63, 3.8) is 0 Å². The molecule has 2 unspecified atom stereocenters. The van der Waals surface area contributed by atoms with E-state index in [1.165, 1.54) is 84.1 Å². The summed E-state index contributed by atoms with van der Waals surface area (Å²) >= 11 is 0. The Kier molecular flexibility index (Phi) is 5.96. The molecule has 122 valence electrons. The van der Waals surface area contributed by atoms with Crippen molar-refractivity contribution >= 4 is 0 Å². The summed E-state index contributed by atoms with van der Waals surface area (Å²) in [5.41, 5.74) is 0. The number of hydrogen-bond donors (Lipinski definition) is 1. The van der Waals surface area contributed by atoms with E-state index in [1.807, 2.05) is 0 Å². The molecule has 0 amide bonds. The van der Waals surface area contributed by atoms with Crippen LogP contribution in [0.1, 0.15) is 58.3 Å². The van der Waals surface area contributed by atoms with Crippen molar-refractivity contribution in [2.75, 3.05) is 39.3 Å². The molecular formula is C18H35N3. The standard InChI is InChI=1S/C18H35N3/c1-2-19-17-7-5-3-4-6-8-18(17)21-13-11-20(12-14-21)15-16-9-10-16/h16-19H,2-15H2,1H3. The number of rotatable bonds is 5. The van der Waals surface area contributed by atoms with Crippen LogP contribution in [0.4, 0.5) is 0 Å². The van der Waals surface area contributed by atoms with Gasteiger partial charge in [0.15, 0.2) is 0 Å². The van der Waals surface area contributed by atoms with Gasteiger partial charge in [0.1, 0.15) is 0 Å². The molecule has 1 heterocycles. The minimum atomic E-state index is 0.741.